The second-order valence-corrected chi connectivity index (χ2v) is 8.96. The summed E-state index contributed by atoms with van der Waals surface area (Å²) in [4.78, 5) is 53.1. The van der Waals surface area contributed by atoms with E-state index in [9.17, 15) is 29.8 Å². The SMILES string of the molecule is Cc1c(C(=O)N(C)C)sc2c1c(=O)n(-c1ccccc1[N+](=O)[O-])c(=O)n2Cc1ccccc1C#N. The van der Waals surface area contributed by atoms with Crippen molar-refractivity contribution in [3.8, 4) is 11.8 Å². The number of aryl methyl sites for hydroxylation is 1. The van der Waals surface area contributed by atoms with Crippen LogP contribution in [0.1, 0.15) is 26.4 Å². The number of thiophene rings is 1. The molecule has 1 amide bonds. The molecule has 0 atom stereocenters. The third-order valence-electron chi connectivity index (χ3n) is 5.60. The number of fused-ring (bicyclic) bond motifs is 1. The molecule has 2 aromatic carbocycles. The first-order valence-electron chi connectivity index (χ1n) is 10.4. The quantitative estimate of drug-likeness (QED) is 0.313. The summed E-state index contributed by atoms with van der Waals surface area (Å²) in [5, 5.41) is 21.3. The first kappa shape index (κ1) is 23.6. The molecule has 4 rings (SSSR count). The highest BCUT2D eigenvalue weighted by Gasteiger charge is 2.27. The summed E-state index contributed by atoms with van der Waals surface area (Å²) in [6, 6.07) is 14.3. The molecule has 0 unspecified atom stereocenters. The van der Waals surface area contributed by atoms with Crippen molar-refractivity contribution >= 4 is 33.1 Å². The van der Waals surface area contributed by atoms with Crippen LogP contribution in [0.4, 0.5) is 5.69 Å². The minimum Gasteiger partial charge on any atom is -0.344 e. The van der Waals surface area contributed by atoms with Crippen LogP contribution in [0.5, 0.6) is 0 Å². The fourth-order valence-electron chi connectivity index (χ4n) is 3.85. The van der Waals surface area contributed by atoms with Gasteiger partial charge >= 0.3 is 5.69 Å². The van der Waals surface area contributed by atoms with Gasteiger partial charge in [-0.3, -0.25) is 24.3 Å². The normalized spacial score (nSPS) is 10.8. The number of nitriles is 1. The van der Waals surface area contributed by atoms with Crippen molar-refractivity contribution in [3.05, 3.63) is 101 Å². The van der Waals surface area contributed by atoms with Crippen LogP contribution < -0.4 is 11.2 Å². The number of nitro benzene ring substituents is 1. The average molecular weight is 490 g/mol. The largest absolute Gasteiger partial charge is 0.344 e. The Hall–Kier alpha value is -4.56. The summed E-state index contributed by atoms with van der Waals surface area (Å²) in [6.07, 6.45) is 0. The molecule has 4 aromatic rings. The Morgan fingerprint density at radius 3 is 2.46 bits per heavy atom. The van der Waals surface area contributed by atoms with Crippen LogP contribution in [0, 0.1) is 28.4 Å². The Balaban J connectivity index is 2.15. The van der Waals surface area contributed by atoms with Crippen LogP contribution >= 0.6 is 11.3 Å². The number of benzene rings is 2. The molecular weight excluding hydrogens is 470 g/mol. The molecule has 10 nitrogen and oxygen atoms in total. The summed E-state index contributed by atoms with van der Waals surface area (Å²) < 4.78 is 2.05. The molecular formula is C24H19N5O5S. The van der Waals surface area contributed by atoms with Gasteiger partial charge in [0.15, 0.2) is 0 Å². The van der Waals surface area contributed by atoms with Gasteiger partial charge in [0.2, 0.25) is 0 Å². The van der Waals surface area contributed by atoms with Gasteiger partial charge in [-0.2, -0.15) is 5.26 Å². The number of rotatable bonds is 5. The lowest BCUT2D eigenvalue weighted by Gasteiger charge is -2.13. The average Bonchev–Trinajstić information content (AvgIpc) is 3.18. The van der Waals surface area contributed by atoms with Crippen LogP contribution in [-0.4, -0.2) is 39.0 Å². The van der Waals surface area contributed by atoms with Crippen LogP contribution in [0.15, 0.2) is 58.1 Å². The Morgan fingerprint density at radius 1 is 1.14 bits per heavy atom. The zero-order valence-electron chi connectivity index (χ0n) is 19.0. The molecule has 176 valence electrons. The van der Waals surface area contributed by atoms with Gasteiger partial charge in [0.25, 0.3) is 17.2 Å². The smallest absolute Gasteiger partial charge is 0.337 e. The van der Waals surface area contributed by atoms with Crippen LogP contribution in [0.25, 0.3) is 15.9 Å². The summed E-state index contributed by atoms with van der Waals surface area (Å²) in [5.74, 6) is -0.336. The van der Waals surface area contributed by atoms with Crippen LogP contribution in [0.3, 0.4) is 0 Å². The van der Waals surface area contributed by atoms with Crippen molar-refractivity contribution in [1.29, 1.82) is 5.26 Å². The molecule has 0 bridgehead atoms. The molecule has 0 radical (unpaired) electrons. The van der Waals surface area contributed by atoms with E-state index in [4.69, 9.17) is 0 Å². The molecule has 0 saturated carbocycles. The van der Waals surface area contributed by atoms with E-state index in [-0.39, 0.29) is 33.2 Å². The zero-order valence-corrected chi connectivity index (χ0v) is 19.8. The number of hydrogen-bond acceptors (Lipinski definition) is 7. The minimum absolute atomic E-state index is 0.0739. The molecule has 0 fully saturated rings. The zero-order chi connectivity index (χ0) is 25.4. The maximum absolute atomic E-state index is 13.7. The fourth-order valence-corrected chi connectivity index (χ4v) is 5.16. The van der Waals surface area contributed by atoms with Gasteiger partial charge < -0.3 is 4.90 Å². The van der Waals surface area contributed by atoms with Gasteiger partial charge in [0, 0.05) is 20.2 Å². The number of nitrogens with zero attached hydrogens (tertiary/aromatic N) is 5. The number of carbonyl (C=O) groups excluding carboxylic acids is 1. The Morgan fingerprint density at radius 2 is 1.80 bits per heavy atom. The summed E-state index contributed by atoms with van der Waals surface area (Å²) in [7, 11) is 3.15. The molecule has 11 heteroatoms. The molecule has 2 aromatic heterocycles. The van der Waals surface area contributed by atoms with E-state index < -0.39 is 21.9 Å². The number of amides is 1. The van der Waals surface area contributed by atoms with Crippen molar-refractivity contribution in [3.63, 3.8) is 0 Å². The second kappa shape index (κ2) is 9.00. The highest BCUT2D eigenvalue weighted by Crippen LogP contribution is 2.30. The van der Waals surface area contributed by atoms with Gasteiger partial charge in [-0.25, -0.2) is 9.36 Å². The van der Waals surface area contributed by atoms with Crippen molar-refractivity contribution in [2.24, 2.45) is 0 Å². The molecule has 0 aliphatic heterocycles. The molecule has 35 heavy (non-hydrogen) atoms. The lowest BCUT2D eigenvalue weighted by atomic mass is 10.1. The predicted octanol–water partition coefficient (Wildman–Crippen LogP) is 3.05. The van der Waals surface area contributed by atoms with Crippen molar-refractivity contribution < 1.29 is 9.72 Å². The Labute approximate surface area is 202 Å². The Bertz CT molecular complexity index is 1670. The van der Waals surface area contributed by atoms with Crippen molar-refractivity contribution in [1.82, 2.24) is 14.0 Å². The van der Waals surface area contributed by atoms with Crippen LogP contribution in [0.2, 0.25) is 0 Å². The molecule has 0 saturated heterocycles. The summed E-state index contributed by atoms with van der Waals surface area (Å²) >= 11 is 1.00. The Kier molecular flexibility index (Phi) is 6.07. The standard InChI is InChI=1S/C24H19N5O5S/c1-14-19-21(30)28(17-10-6-7-11-18(17)29(33)34)24(32)27(13-16-9-5-4-8-15(16)12-25)23(19)35-20(14)22(31)26(2)3/h4-11H,13H2,1-3H3. The third kappa shape index (κ3) is 3.89. The van der Waals surface area contributed by atoms with E-state index in [0.717, 1.165) is 15.9 Å². The minimum atomic E-state index is -0.811. The molecule has 0 N–H and O–H groups in total. The molecule has 0 aliphatic rings. The van der Waals surface area contributed by atoms with E-state index in [1.165, 1.54) is 33.7 Å². The van der Waals surface area contributed by atoms with E-state index in [0.29, 0.717) is 16.7 Å². The van der Waals surface area contributed by atoms with Crippen LogP contribution in [-0.2, 0) is 6.54 Å². The number of aromatic nitrogens is 2. The number of carbonyl (C=O) groups is 1. The molecule has 0 aliphatic carbocycles. The summed E-state index contributed by atoms with van der Waals surface area (Å²) in [6.45, 7) is 1.54. The fraction of sp³-hybridized carbons (Fsp3) is 0.167. The highest BCUT2D eigenvalue weighted by atomic mass is 32.1. The van der Waals surface area contributed by atoms with Gasteiger partial charge in [0.1, 0.15) is 10.5 Å². The van der Waals surface area contributed by atoms with Crippen molar-refractivity contribution in [2.75, 3.05) is 14.1 Å². The lowest BCUT2D eigenvalue weighted by molar-refractivity contribution is -0.384. The summed E-state index contributed by atoms with van der Waals surface area (Å²) in [5.41, 5.74) is -0.907. The molecule has 2 heterocycles. The monoisotopic (exact) mass is 489 g/mol. The van der Waals surface area contributed by atoms with Crippen molar-refractivity contribution in [2.45, 2.75) is 13.5 Å². The first-order chi connectivity index (χ1) is 16.7. The van der Waals surface area contributed by atoms with E-state index >= 15 is 0 Å². The maximum Gasteiger partial charge on any atom is 0.337 e. The van der Waals surface area contributed by atoms with Gasteiger partial charge in [0.05, 0.1) is 33.4 Å². The topological polar surface area (TPSA) is 131 Å². The van der Waals surface area contributed by atoms with Gasteiger partial charge in [-0.1, -0.05) is 30.3 Å². The maximum atomic E-state index is 13.7. The number of hydrogen-bond donors (Lipinski definition) is 0. The number of para-hydroxylation sites is 2. The van der Waals surface area contributed by atoms with E-state index in [1.54, 1.807) is 45.3 Å². The lowest BCUT2D eigenvalue weighted by Crippen LogP contribution is -2.39. The van der Waals surface area contributed by atoms with E-state index in [2.05, 4.69) is 6.07 Å². The second-order valence-electron chi connectivity index (χ2n) is 7.96. The highest BCUT2D eigenvalue weighted by molar-refractivity contribution is 7.20. The first-order valence-corrected chi connectivity index (χ1v) is 11.2. The number of nitro groups is 1. The molecule has 0 spiro atoms. The van der Waals surface area contributed by atoms with Gasteiger partial charge in [-0.15, -0.1) is 11.3 Å². The third-order valence-corrected chi connectivity index (χ3v) is 6.90. The van der Waals surface area contributed by atoms with E-state index in [1.807, 2.05) is 0 Å². The predicted molar refractivity (Wildman–Crippen MR) is 131 cm³/mol. The van der Waals surface area contributed by atoms with Gasteiger partial charge in [-0.05, 0) is 30.2 Å².